The van der Waals surface area contributed by atoms with E-state index in [0.717, 1.165) is 21.7 Å². The summed E-state index contributed by atoms with van der Waals surface area (Å²) < 4.78 is 0. The minimum Gasteiger partial charge on any atom is -0.338 e. The van der Waals surface area contributed by atoms with Gasteiger partial charge in [-0.15, -0.1) is 11.3 Å². The molecule has 8 heteroatoms. The Hall–Kier alpha value is -4.46. The molecule has 3 heterocycles. The Morgan fingerprint density at radius 3 is 2.61 bits per heavy atom. The first-order chi connectivity index (χ1) is 18.6. The minimum absolute atomic E-state index is 0.246. The van der Waals surface area contributed by atoms with E-state index in [1.54, 1.807) is 52.8 Å². The fraction of sp³-hybridized carbons (Fsp3) is 0.0333. The number of nitrogens with one attached hydrogen (secondary N) is 2. The Kier molecular flexibility index (Phi) is 6.37. The van der Waals surface area contributed by atoms with Crippen molar-refractivity contribution in [1.29, 1.82) is 0 Å². The van der Waals surface area contributed by atoms with E-state index in [1.807, 2.05) is 66.0 Å². The van der Waals surface area contributed by atoms with E-state index in [2.05, 4.69) is 15.6 Å². The molecule has 0 saturated carbocycles. The number of carbonyl (C=O) groups is 2. The molecular formula is C30H21ClN4O2S. The van der Waals surface area contributed by atoms with Gasteiger partial charge in [0, 0.05) is 33.6 Å². The number of hydrogen-bond acceptors (Lipinski definition) is 5. The van der Waals surface area contributed by atoms with E-state index in [4.69, 9.17) is 11.6 Å². The van der Waals surface area contributed by atoms with E-state index in [9.17, 15) is 9.59 Å². The highest BCUT2D eigenvalue weighted by molar-refractivity contribution is 7.13. The molecule has 186 valence electrons. The topological polar surface area (TPSA) is 74.3 Å². The van der Waals surface area contributed by atoms with Crippen LogP contribution in [0.25, 0.3) is 10.4 Å². The maximum absolute atomic E-state index is 13.8. The van der Waals surface area contributed by atoms with Gasteiger partial charge < -0.3 is 15.5 Å². The molecule has 2 N–H and O–H groups in total. The zero-order valence-electron chi connectivity index (χ0n) is 20.0. The van der Waals surface area contributed by atoms with Crippen LogP contribution in [0.1, 0.15) is 26.3 Å². The number of hydrogen-bond donors (Lipinski definition) is 2. The summed E-state index contributed by atoms with van der Waals surface area (Å²) in [6.07, 6.45) is 1.68. The van der Waals surface area contributed by atoms with Crippen molar-refractivity contribution in [3.8, 4) is 10.4 Å². The molecule has 3 aromatic carbocycles. The largest absolute Gasteiger partial charge is 0.338 e. The first-order valence-electron chi connectivity index (χ1n) is 11.9. The molecule has 2 aromatic heterocycles. The zero-order valence-corrected chi connectivity index (χ0v) is 21.6. The Morgan fingerprint density at radius 2 is 1.76 bits per heavy atom. The number of thiophene rings is 1. The highest BCUT2D eigenvalue weighted by atomic mass is 35.5. The van der Waals surface area contributed by atoms with Gasteiger partial charge in [0.05, 0.1) is 22.8 Å². The van der Waals surface area contributed by atoms with Gasteiger partial charge >= 0.3 is 0 Å². The lowest BCUT2D eigenvalue weighted by Gasteiger charge is -2.23. The van der Waals surface area contributed by atoms with Gasteiger partial charge in [-0.05, 0) is 59.5 Å². The van der Waals surface area contributed by atoms with Gasteiger partial charge in [-0.25, -0.2) is 4.98 Å². The third kappa shape index (κ3) is 4.53. The molecule has 0 saturated heterocycles. The van der Waals surface area contributed by atoms with Crippen LogP contribution in [0.15, 0.2) is 103 Å². The summed E-state index contributed by atoms with van der Waals surface area (Å²) in [5.41, 5.74) is 4.77. The molecule has 2 amide bonds. The minimum atomic E-state index is -0.260. The zero-order chi connectivity index (χ0) is 26.1. The van der Waals surface area contributed by atoms with Crippen LogP contribution in [-0.2, 0) is 6.54 Å². The number of benzene rings is 3. The Morgan fingerprint density at radius 1 is 0.921 bits per heavy atom. The van der Waals surface area contributed by atoms with Crippen molar-refractivity contribution < 1.29 is 9.59 Å². The molecule has 5 aromatic rings. The fourth-order valence-corrected chi connectivity index (χ4v) is 5.52. The van der Waals surface area contributed by atoms with Gasteiger partial charge in [0.1, 0.15) is 0 Å². The number of halogens is 1. The van der Waals surface area contributed by atoms with Gasteiger partial charge in [-0.2, -0.15) is 0 Å². The predicted octanol–water partition coefficient (Wildman–Crippen LogP) is 7.62. The predicted molar refractivity (Wildman–Crippen MR) is 154 cm³/mol. The molecule has 0 atom stereocenters. The summed E-state index contributed by atoms with van der Waals surface area (Å²) in [6.45, 7) is 0.356. The van der Waals surface area contributed by atoms with Crippen molar-refractivity contribution in [3.05, 3.63) is 124 Å². The van der Waals surface area contributed by atoms with Crippen LogP contribution >= 0.6 is 22.9 Å². The van der Waals surface area contributed by atoms with Crippen LogP contribution in [0.4, 0.5) is 22.9 Å². The van der Waals surface area contributed by atoms with Crippen molar-refractivity contribution >= 4 is 57.6 Å². The Balaban J connectivity index is 1.28. The number of aromatic nitrogens is 1. The second-order valence-electron chi connectivity index (χ2n) is 8.72. The maximum atomic E-state index is 13.8. The number of anilines is 4. The van der Waals surface area contributed by atoms with E-state index in [0.29, 0.717) is 34.9 Å². The lowest BCUT2D eigenvalue weighted by atomic mass is 10.1. The molecule has 0 fully saturated rings. The molecule has 0 bridgehead atoms. The van der Waals surface area contributed by atoms with Crippen LogP contribution in [0, 0.1) is 0 Å². The standard InChI is InChI=1S/C30H21ClN4O2S/c31-24-17-20(33-29(36)22-9-3-2-8-21(22)27-12-6-16-38-27)13-14-23(24)30(37)35-18-19-7-1-4-10-25(19)34-28-26(35)11-5-15-32-28/h1-17H,18H2,(H,32,34)(H,33,36). The lowest BCUT2D eigenvalue weighted by molar-refractivity contribution is 0.0984. The number of nitrogens with zero attached hydrogens (tertiary/aromatic N) is 2. The summed E-state index contributed by atoms with van der Waals surface area (Å²) >= 11 is 8.20. The van der Waals surface area contributed by atoms with Gasteiger partial charge in [-0.1, -0.05) is 54.1 Å². The normalized spacial score (nSPS) is 12.1. The second kappa shape index (κ2) is 10.1. The molecule has 0 spiro atoms. The molecule has 0 aliphatic carbocycles. The number of amides is 2. The highest BCUT2D eigenvalue weighted by Gasteiger charge is 2.27. The van der Waals surface area contributed by atoms with Gasteiger partial charge in [0.15, 0.2) is 5.82 Å². The van der Waals surface area contributed by atoms with Crippen LogP contribution < -0.4 is 15.5 Å². The van der Waals surface area contributed by atoms with Crippen LogP contribution in [0.3, 0.4) is 0 Å². The first-order valence-corrected chi connectivity index (χ1v) is 13.2. The molecule has 38 heavy (non-hydrogen) atoms. The summed E-state index contributed by atoms with van der Waals surface area (Å²) in [4.78, 5) is 34.1. The third-order valence-electron chi connectivity index (χ3n) is 6.34. The highest BCUT2D eigenvalue weighted by Crippen LogP contribution is 2.36. The summed E-state index contributed by atoms with van der Waals surface area (Å²) in [7, 11) is 0. The molecule has 0 radical (unpaired) electrons. The average molecular weight is 537 g/mol. The summed E-state index contributed by atoms with van der Waals surface area (Å²) in [5, 5.41) is 8.48. The number of para-hydroxylation sites is 1. The monoisotopic (exact) mass is 536 g/mol. The molecule has 1 aliphatic rings. The van der Waals surface area contributed by atoms with Gasteiger partial charge in [-0.3, -0.25) is 9.59 Å². The fourth-order valence-electron chi connectivity index (χ4n) is 4.49. The summed E-state index contributed by atoms with van der Waals surface area (Å²) in [5.74, 6) is 0.0817. The Labute approximate surface area is 228 Å². The SMILES string of the molecule is O=C(Nc1ccc(C(=O)N2Cc3ccccc3Nc3ncccc32)c(Cl)c1)c1ccccc1-c1cccs1. The smallest absolute Gasteiger partial charge is 0.260 e. The maximum Gasteiger partial charge on any atom is 0.260 e. The van der Waals surface area contributed by atoms with Gasteiger partial charge in [0.25, 0.3) is 11.8 Å². The quantitative estimate of drug-likeness (QED) is 0.248. The summed E-state index contributed by atoms with van der Waals surface area (Å²) in [6, 6.07) is 27.8. The molecule has 6 rings (SSSR count). The molecular weight excluding hydrogens is 516 g/mol. The van der Waals surface area contributed by atoms with Crippen LogP contribution in [0.2, 0.25) is 5.02 Å². The van der Waals surface area contributed by atoms with Crippen molar-refractivity contribution in [2.24, 2.45) is 0 Å². The van der Waals surface area contributed by atoms with Crippen molar-refractivity contribution in [2.75, 3.05) is 15.5 Å². The lowest BCUT2D eigenvalue weighted by Crippen LogP contribution is -2.30. The number of fused-ring (bicyclic) bond motifs is 2. The van der Waals surface area contributed by atoms with E-state index in [1.165, 1.54) is 0 Å². The van der Waals surface area contributed by atoms with E-state index in [-0.39, 0.29) is 16.8 Å². The number of carbonyl (C=O) groups excluding carboxylic acids is 2. The average Bonchev–Trinajstić information content (AvgIpc) is 3.42. The number of pyridine rings is 1. The number of rotatable bonds is 4. The molecule has 0 unspecified atom stereocenters. The van der Waals surface area contributed by atoms with Gasteiger partial charge in [0.2, 0.25) is 0 Å². The van der Waals surface area contributed by atoms with E-state index < -0.39 is 0 Å². The van der Waals surface area contributed by atoms with Crippen molar-refractivity contribution in [3.63, 3.8) is 0 Å². The van der Waals surface area contributed by atoms with Crippen molar-refractivity contribution in [1.82, 2.24) is 4.98 Å². The van der Waals surface area contributed by atoms with E-state index >= 15 is 0 Å². The van der Waals surface area contributed by atoms with Crippen LogP contribution in [-0.4, -0.2) is 16.8 Å². The Bertz CT molecular complexity index is 1670. The van der Waals surface area contributed by atoms with Crippen molar-refractivity contribution in [2.45, 2.75) is 6.54 Å². The van der Waals surface area contributed by atoms with Crippen LogP contribution in [0.5, 0.6) is 0 Å². The third-order valence-corrected chi connectivity index (χ3v) is 7.55. The molecule has 6 nitrogen and oxygen atoms in total. The first kappa shape index (κ1) is 23.9. The second-order valence-corrected chi connectivity index (χ2v) is 10.1. The molecule has 1 aliphatic heterocycles.